The highest BCUT2D eigenvalue weighted by Gasteiger charge is 2.30. The molecule has 2 heterocycles. The Kier molecular flexibility index (Phi) is 7.34. The molecular weight excluding hydrogens is 453 g/mol. The Labute approximate surface area is 211 Å². The minimum Gasteiger partial charge on any atom is -0.378 e. The lowest BCUT2D eigenvalue weighted by Gasteiger charge is -2.39. The highest BCUT2D eigenvalue weighted by atomic mass is 19.1. The van der Waals surface area contributed by atoms with Crippen LogP contribution >= 0.6 is 0 Å². The SMILES string of the molecule is CN(C)c1ccc([C@@H](c2nnnn2Cc2ccc(F)cc2)N2CCN(Cc3ccccc3)CC2)cc1. The topological polar surface area (TPSA) is 53.3 Å². The second kappa shape index (κ2) is 11.0. The second-order valence-corrected chi connectivity index (χ2v) is 9.51. The molecule has 0 spiro atoms. The van der Waals surface area contributed by atoms with E-state index in [1.165, 1.54) is 17.7 Å². The Bertz CT molecular complexity index is 1230. The summed E-state index contributed by atoms with van der Waals surface area (Å²) in [6.45, 7) is 5.22. The van der Waals surface area contributed by atoms with Crippen LogP contribution < -0.4 is 4.90 Å². The van der Waals surface area contributed by atoms with Gasteiger partial charge in [0.05, 0.1) is 12.6 Å². The molecule has 0 N–H and O–H groups in total. The molecule has 1 aliphatic rings. The first-order chi connectivity index (χ1) is 17.6. The van der Waals surface area contributed by atoms with E-state index >= 15 is 0 Å². The van der Waals surface area contributed by atoms with Crippen molar-refractivity contribution in [1.82, 2.24) is 30.0 Å². The minimum atomic E-state index is -0.247. The summed E-state index contributed by atoms with van der Waals surface area (Å²) in [5, 5.41) is 12.8. The molecule has 36 heavy (non-hydrogen) atoms. The van der Waals surface area contributed by atoms with Crippen LogP contribution in [-0.2, 0) is 13.1 Å². The monoisotopic (exact) mass is 485 g/mol. The molecule has 0 saturated carbocycles. The van der Waals surface area contributed by atoms with Crippen LogP contribution in [0, 0.1) is 5.82 Å². The summed E-state index contributed by atoms with van der Waals surface area (Å²) in [5.41, 5.74) is 4.60. The lowest BCUT2D eigenvalue weighted by Crippen LogP contribution is -2.48. The number of anilines is 1. The normalized spacial score (nSPS) is 15.6. The van der Waals surface area contributed by atoms with Gasteiger partial charge in [-0.2, -0.15) is 0 Å². The predicted molar refractivity (Wildman–Crippen MR) is 139 cm³/mol. The van der Waals surface area contributed by atoms with E-state index in [4.69, 9.17) is 0 Å². The highest BCUT2D eigenvalue weighted by Crippen LogP contribution is 2.30. The van der Waals surface area contributed by atoms with E-state index in [9.17, 15) is 4.39 Å². The average molecular weight is 486 g/mol. The number of nitrogens with zero attached hydrogens (tertiary/aromatic N) is 7. The van der Waals surface area contributed by atoms with Crippen molar-refractivity contribution in [3.63, 3.8) is 0 Å². The van der Waals surface area contributed by atoms with Crippen molar-refractivity contribution in [2.75, 3.05) is 45.2 Å². The Morgan fingerprint density at radius 2 is 1.47 bits per heavy atom. The molecule has 0 radical (unpaired) electrons. The van der Waals surface area contributed by atoms with E-state index in [1.54, 1.807) is 12.1 Å². The molecule has 7 nitrogen and oxygen atoms in total. The third-order valence-corrected chi connectivity index (χ3v) is 6.80. The minimum absolute atomic E-state index is 0.0736. The van der Waals surface area contributed by atoms with Gasteiger partial charge in [-0.15, -0.1) is 5.10 Å². The maximum Gasteiger partial charge on any atom is 0.173 e. The van der Waals surface area contributed by atoms with Crippen molar-refractivity contribution < 1.29 is 4.39 Å². The number of rotatable bonds is 8. The van der Waals surface area contributed by atoms with Gasteiger partial charge in [-0.25, -0.2) is 9.07 Å². The van der Waals surface area contributed by atoms with Crippen LogP contribution in [0.25, 0.3) is 0 Å². The van der Waals surface area contributed by atoms with Gasteiger partial charge in [-0.3, -0.25) is 9.80 Å². The molecule has 186 valence electrons. The number of piperazine rings is 1. The Hall–Kier alpha value is -3.62. The van der Waals surface area contributed by atoms with Gasteiger partial charge in [0.15, 0.2) is 5.82 Å². The first-order valence-electron chi connectivity index (χ1n) is 12.3. The van der Waals surface area contributed by atoms with Crippen LogP contribution in [0.1, 0.15) is 28.6 Å². The number of halogens is 1. The zero-order valence-corrected chi connectivity index (χ0v) is 20.8. The van der Waals surface area contributed by atoms with Crippen LogP contribution in [0.4, 0.5) is 10.1 Å². The summed E-state index contributed by atoms with van der Waals surface area (Å²) in [6.07, 6.45) is 0. The molecule has 5 rings (SSSR count). The summed E-state index contributed by atoms with van der Waals surface area (Å²) in [5.74, 6) is 0.552. The smallest absolute Gasteiger partial charge is 0.173 e. The van der Waals surface area contributed by atoms with Crippen LogP contribution in [-0.4, -0.2) is 70.3 Å². The Balaban J connectivity index is 1.39. The molecule has 1 atom stereocenters. The van der Waals surface area contributed by atoms with Gasteiger partial charge in [0, 0.05) is 52.5 Å². The van der Waals surface area contributed by atoms with Crippen molar-refractivity contribution in [2.24, 2.45) is 0 Å². The van der Waals surface area contributed by atoms with E-state index in [0.29, 0.717) is 6.54 Å². The summed E-state index contributed by atoms with van der Waals surface area (Å²) in [6, 6.07) is 25.7. The van der Waals surface area contributed by atoms with E-state index in [1.807, 2.05) is 18.8 Å². The molecule has 3 aromatic carbocycles. The number of benzene rings is 3. The Morgan fingerprint density at radius 1 is 0.806 bits per heavy atom. The zero-order valence-electron chi connectivity index (χ0n) is 20.8. The quantitative estimate of drug-likeness (QED) is 0.378. The zero-order chi connectivity index (χ0) is 24.9. The first-order valence-corrected chi connectivity index (χ1v) is 12.3. The molecule has 1 saturated heterocycles. The van der Waals surface area contributed by atoms with Crippen molar-refractivity contribution >= 4 is 5.69 Å². The van der Waals surface area contributed by atoms with Gasteiger partial charge < -0.3 is 4.90 Å². The van der Waals surface area contributed by atoms with Crippen molar-refractivity contribution in [3.05, 3.63) is 107 Å². The highest BCUT2D eigenvalue weighted by molar-refractivity contribution is 5.47. The average Bonchev–Trinajstić information content (AvgIpc) is 3.35. The number of aromatic nitrogens is 4. The lowest BCUT2D eigenvalue weighted by molar-refractivity contribution is 0.100. The summed E-state index contributed by atoms with van der Waals surface area (Å²) < 4.78 is 15.3. The van der Waals surface area contributed by atoms with Crippen LogP contribution in [0.5, 0.6) is 0 Å². The van der Waals surface area contributed by atoms with Crippen molar-refractivity contribution in [3.8, 4) is 0 Å². The molecule has 0 aliphatic carbocycles. The molecular formula is C28H32FN7. The molecule has 0 bridgehead atoms. The van der Waals surface area contributed by atoms with E-state index < -0.39 is 0 Å². The van der Waals surface area contributed by atoms with Gasteiger partial charge in [0.1, 0.15) is 5.82 Å². The maximum absolute atomic E-state index is 13.4. The third-order valence-electron chi connectivity index (χ3n) is 6.80. The van der Waals surface area contributed by atoms with Crippen LogP contribution in [0.2, 0.25) is 0 Å². The Morgan fingerprint density at radius 3 is 2.14 bits per heavy atom. The molecule has 0 amide bonds. The number of tetrazole rings is 1. The number of hydrogen-bond acceptors (Lipinski definition) is 6. The molecule has 4 aromatic rings. The van der Waals surface area contributed by atoms with E-state index in [-0.39, 0.29) is 11.9 Å². The lowest BCUT2D eigenvalue weighted by atomic mass is 10.0. The summed E-state index contributed by atoms with van der Waals surface area (Å²) in [4.78, 5) is 7.07. The fourth-order valence-corrected chi connectivity index (χ4v) is 4.78. The fourth-order valence-electron chi connectivity index (χ4n) is 4.78. The third kappa shape index (κ3) is 5.61. The molecule has 0 unspecified atom stereocenters. The fraction of sp³-hybridized carbons (Fsp3) is 0.321. The van der Waals surface area contributed by atoms with E-state index in [0.717, 1.165) is 55.4 Å². The van der Waals surface area contributed by atoms with Crippen LogP contribution in [0.3, 0.4) is 0 Å². The van der Waals surface area contributed by atoms with Crippen molar-refractivity contribution in [2.45, 2.75) is 19.1 Å². The van der Waals surface area contributed by atoms with Crippen LogP contribution in [0.15, 0.2) is 78.9 Å². The molecule has 1 aliphatic heterocycles. The van der Waals surface area contributed by atoms with Gasteiger partial charge in [-0.1, -0.05) is 54.6 Å². The predicted octanol–water partition coefficient (Wildman–Crippen LogP) is 3.83. The maximum atomic E-state index is 13.4. The largest absolute Gasteiger partial charge is 0.378 e. The molecule has 1 fully saturated rings. The second-order valence-electron chi connectivity index (χ2n) is 9.51. The van der Waals surface area contributed by atoms with Gasteiger partial charge >= 0.3 is 0 Å². The molecule has 1 aromatic heterocycles. The van der Waals surface area contributed by atoms with Gasteiger partial charge in [0.25, 0.3) is 0 Å². The van der Waals surface area contributed by atoms with Gasteiger partial charge in [0.2, 0.25) is 0 Å². The standard InChI is InChI=1S/C28H32FN7/c1-33(2)26-14-10-24(11-15-26)27(28-30-31-32-36(28)21-23-8-12-25(29)13-9-23)35-18-16-34(17-19-35)20-22-6-4-3-5-7-22/h3-15,27H,16-21H2,1-2H3/t27-/m0/s1. The number of hydrogen-bond donors (Lipinski definition) is 0. The van der Waals surface area contributed by atoms with Crippen molar-refractivity contribution in [1.29, 1.82) is 0 Å². The molecule has 8 heteroatoms. The van der Waals surface area contributed by atoms with Gasteiger partial charge in [-0.05, 0) is 51.4 Å². The summed E-state index contributed by atoms with van der Waals surface area (Å²) in [7, 11) is 4.09. The van der Waals surface area contributed by atoms with E-state index in [2.05, 4.69) is 84.8 Å². The first kappa shape index (κ1) is 24.1. The summed E-state index contributed by atoms with van der Waals surface area (Å²) >= 11 is 0.